The largest absolute Gasteiger partial charge is 0.397 e. The van der Waals surface area contributed by atoms with E-state index in [1.807, 2.05) is 13.8 Å². The van der Waals surface area contributed by atoms with Crippen molar-refractivity contribution < 1.29 is 4.79 Å². The average Bonchev–Trinajstić information content (AvgIpc) is 2.50. The first-order chi connectivity index (χ1) is 7.02. The first-order valence-corrected chi connectivity index (χ1v) is 5.15. The van der Waals surface area contributed by atoms with Crippen molar-refractivity contribution in [3.8, 4) is 0 Å². The van der Waals surface area contributed by atoms with Gasteiger partial charge in [0.25, 0.3) is 5.91 Å². The van der Waals surface area contributed by atoms with E-state index in [9.17, 15) is 4.79 Å². The number of fused-ring (bicyclic) bond motifs is 1. The Labute approximate surface area is 90.1 Å². The number of nitrogens with zero attached hydrogens (tertiary/aromatic N) is 2. The molecular formula is C9H10N4OS. The van der Waals surface area contributed by atoms with E-state index < -0.39 is 5.91 Å². The number of carbonyl (C=O) groups is 1. The van der Waals surface area contributed by atoms with Gasteiger partial charge in [0.15, 0.2) is 0 Å². The topological polar surface area (TPSA) is 94.9 Å². The van der Waals surface area contributed by atoms with Crippen LogP contribution in [0.3, 0.4) is 0 Å². The van der Waals surface area contributed by atoms with Gasteiger partial charge in [-0.3, -0.25) is 4.79 Å². The van der Waals surface area contributed by atoms with Gasteiger partial charge in [0.1, 0.15) is 9.71 Å². The Morgan fingerprint density at radius 3 is 2.60 bits per heavy atom. The number of carbonyl (C=O) groups excluding carboxylic acids is 1. The fraction of sp³-hybridized carbons (Fsp3) is 0.222. The summed E-state index contributed by atoms with van der Waals surface area (Å²) in [5.74, 6) is -0.521. The minimum atomic E-state index is -0.521. The van der Waals surface area contributed by atoms with Crippen LogP contribution < -0.4 is 11.5 Å². The molecule has 0 aliphatic rings. The molecule has 0 aliphatic carbocycles. The molecule has 0 bridgehead atoms. The molecule has 0 fully saturated rings. The zero-order chi connectivity index (χ0) is 11.2. The van der Waals surface area contributed by atoms with E-state index in [2.05, 4.69) is 10.2 Å². The summed E-state index contributed by atoms with van der Waals surface area (Å²) in [7, 11) is 0. The fourth-order valence-electron chi connectivity index (χ4n) is 1.42. The highest BCUT2D eigenvalue weighted by Gasteiger charge is 2.17. The summed E-state index contributed by atoms with van der Waals surface area (Å²) in [5, 5.41) is 8.75. The number of nitrogens with two attached hydrogens (primary N) is 2. The summed E-state index contributed by atoms with van der Waals surface area (Å²) < 4.78 is 0. The summed E-state index contributed by atoms with van der Waals surface area (Å²) in [6.07, 6.45) is 0. The van der Waals surface area contributed by atoms with Crippen LogP contribution in [0.2, 0.25) is 0 Å². The van der Waals surface area contributed by atoms with Crippen molar-refractivity contribution in [2.24, 2.45) is 5.73 Å². The number of primary amides is 1. The van der Waals surface area contributed by atoms with Gasteiger partial charge in [0.2, 0.25) is 0 Å². The molecule has 2 heterocycles. The van der Waals surface area contributed by atoms with Crippen LogP contribution in [0.25, 0.3) is 10.2 Å². The molecule has 4 N–H and O–H groups in total. The number of thiophene rings is 1. The average molecular weight is 222 g/mol. The van der Waals surface area contributed by atoms with Crippen LogP contribution >= 0.6 is 11.3 Å². The van der Waals surface area contributed by atoms with E-state index in [1.165, 1.54) is 11.3 Å². The summed E-state index contributed by atoms with van der Waals surface area (Å²) in [6.45, 7) is 3.75. The summed E-state index contributed by atoms with van der Waals surface area (Å²) >= 11 is 1.18. The molecule has 2 aromatic heterocycles. The summed E-state index contributed by atoms with van der Waals surface area (Å²) in [4.78, 5) is 12.1. The second-order valence-corrected chi connectivity index (χ2v) is 4.30. The van der Waals surface area contributed by atoms with Gasteiger partial charge in [-0.05, 0) is 19.4 Å². The van der Waals surface area contributed by atoms with Crippen LogP contribution in [-0.2, 0) is 0 Å². The van der Waals surface area contributed by atoms with Crippen LogP contribution in [0, 0.1) is 13.8 Å². The lowest BCUT2D eigenvalue weighted by Gasteiger charge is -1.99. The third kappa shape index (κ3) is 1.33. The van der Waals surface area contributed by atoms with Gasteiger partial charge < -0.3 is 11.5 Å². The van der Waals surface area contributed by atoms with Crippen LogP contribution in [0.1, 0.15) is 20.9 Å². The SMILES string of the molecule is Cc1nnc2sc(C(N)=O)c(N)c2c1C. The summed E-state index contributed by atoms with van der Waals surface area (Å²) in [6, 6.07) is 0. The number of amides is 1. The van der Waals surface area contributed by atoms with Gasteiger partial charge in [-0.2, -0.15) is 5.10 Å². The Kier molecular flexibility index (Phi) is 2.08. The predicted octanol–water partition coefficient (Wildman–Crippen LogP) is 0.989. The maximum atomic E-state index is 11.1. The zero-order valence-electron chi connectivity index (χ0n) is 8.37. The highest BCUT2D eigenvalue weighted by Crippen LogP contribution is 2.34. The van der Waals surface area contributed by atoms with Crippen molar-refractivity contribution in [3.63, 3.8) is 0 Å². The predicted molar refractivity (Wildman–Crippen MR) is 59.8 cm³/mol. The van der Waals surface area contributed by atoms with Crippen molar-refractivity contribution in [1.29, 1.82) is 0 Å². The lowest BCUT2D eigenvalue weighted by Crippen LogP contribution is -2.10. The Balaban J connectivity index is 2.89. The molecule has 0 atom stereocenters. The minimum absolute atomic E-state index is 0.355. The number of aryl methyl sites for hydroxylation is 2. The third-order valence-electron chi connectivity index (χ3n) is 2.36. The normalized spacial score (nSPS) is 10.8. The van der Waals surface area contributed by atoms with Gasteiger partial charge in [0.05, 0.1) is 11.4 Å². The van der Waals surface area contributed by atoms with E-state index in [0.29, 0.717) is 15.4 Å². The number of aromatic nitrogens is 2. The summed E-state index contributed by atoms with van der Waals surface area (Å²) in [5.41, 5.74) is 13.2. The van der Waals surface area contributed by atoms with Gasteiger partial charge in [-0.25, -0.2) is 0 Å². The first-order valence-electron chi connectivity index (χ1n) is 4.34. The smallest absolute Gasteiger partial charge is 0.260 e. The quantitative estimate of drug-likeness (QED) is 0.752. The van der Waals surface area contributed by atoms with E-state index in [4.69, 9.17) is 11.5 Å². The van der Waals surface area contributed by atoms with Crippen molar-refractivity contribution in [2.45, 2.75) is 13.8 Å². The van der Waals surface area contributed by atoms with E-state index in [-0.39, 0.29) is 0 Å². The molecule has 6 heteroatoms. The fourth-order valence-corrected chi connectivity index (χ4v) is 2.38. The molecule has 0 aliphatic heterocycles. The van der Waals surface area contributed by atoms with Crippen LogP contribution in [0.15, 0.2) is 0 Å². The van der Waals surface area contributed by atoms with Crippen LogP contribution in [0.5, 0.6) is 0 Å². The molecule has 2 aromatic rings. The first kappa shape index (κ1) is 9.85. The highest BCUT2D eigenvalue weighted by molar-refractivity contribution is 7.21. The highest BCUT2D eigenvalue weighted by atomic mass is 32.1. The number of nitrogen functional groups attached to an aromatic ring is 1. The molecular weight excluding hydrogens is 212 g/mol. The Hall–Kier alpha value is -1.69. The minimum Gasteiger partial charge on any atom is -0.397 e. The molecule has 0 unspecified atom stereocenters. The monoisotopic (exact) mass is 222 g/mol. The van der Waals surface area contributed by atoms with Gasteiger partial charge in [0, 0.05) is 5.39 Å². The second-order valence-electron chi connectivity index (χ2n) is 3.30. The molecule has 2 rings (SSSR count). The Morgan fingerprint density at radius 1 is 1.33 bits per heavy atom. The molecule has 0 saturated carbocycles. The lowest BCUT2D eigenvalue weighted by atomic mass is 10.1. The van der Waals surface area contributed by atoms with Crippen molar-refractivity contribution in [2.75, 3.05) is 5.73 Å². The van der Waals surface area contributed by atoms with Crippen LogP contribution in [-0.4, -0.2) is 16.1 Å². The molecule has 0 saturated heterocycles. The Morgan fingerprint density at radius 2 is 2.00 bits per heavy atom. The maximum Gasteiger partial charge on any atom is 0.260 e. The maximum absolute atomic E-state index is 11.1. The number of rotatable bonds is 1. The second kappa shape index (κ2) is 3.16. The zero-order valence-corrected chi connectivity index (χ0v) is 9.18. The number of hydrogen-bond acceptors (Lipinski definition) is 5. The Bertz CT molecular complexity index is 561. The molecule has 1 amide bonds. The molecule has 15 heavy (non-hydrogen) atoms. The van der Waals surface area contributed by atoms with E-state index in [0.717, 1.165) is 16.6 Å². The van der Waals surface area contributed by atoms with E-state index >= 15 is 0 Å². The molecule has 0 spiro atoms. The van der Waals surface area contributed by atoms with Gasteiger partial charge in [-0.1, -0.05) is 0 Å². The van der Waals surface area contributed by atoms with Crippen molar-refractivity contribution >= 4 is 33.1 Å². The number of hydrogen-bond donors (Lipinski definition) is 2. The van der Waals surface area contributed by atoms with E-state index in [1.54, 1.807) is 0 Å². The van der Waals surface area contributed by atoms with Crippen molar-refractivity contribution in [1.82, 2.24) is 10.2 Å². The molecule has 5 nitrogen and oxygen atoms in total. The van der Waals surface area contributed by atoms with Crippen molar-refractivity contribution in [3.05, 3.63) is 16.1 Å². The lowest BCUT2D eigenvalue weighted by molar-refractivity contribution is 0.100. The van der Waals surface area contributed by atoms with Crippen LogP contribution in [0.4, 0.5) is 5.69 Å². The molecule has 0 radical (unpaired) electrons. The molecule has 78 valence electrons. The standard InChI is InChI=1S/C9H10N4OS/c1-3-4(2)12-13-9-5(3)6(10)7(15-9)8(11)14/h10H2,1-2H3,(H2,11,14). The van der Waals surface area contributed by atoms with Gasteiger partial charge in [-0.15, -0.1) is 16.4 Å². The molecule has 0 aromatic carbocycles. The third-order valence-corrected chi connectivity index (χ3v) is 3.46. The van der Waals surface area contributed by atoms with Gasteiger partial charge >= 0.3 is 0 Å². The number of anilines is 1.